The SMILES string of the molecule is CC.CCN1OC[C@@H](NC(=O)C(C)C)C1=O. The predicted octanol–water partition coefficient (Wildman–Crippen LogP) is 0.947. The first-order chi connectivity index (χ1) is 7.56. The van der Waals surface area contributed by atoms with Crippen molar-refractivity contribution in [1.82, 2.24) is 10.4 Å². The van der Waals surface area contributed by atoms with Gasteiger partial charge in [0.25, 0.3) is 5.91 Å². The monoisotopic (exact) mass is 230 g/mol. The van der Waals surface area contributed by atoms with Crippen LogP contribution in [0.1, 0.15) is 34.6 Å². The second kappa shape index (κ2) is 7.22. The lowest BCUT2D eigenvalue weighted by molar-refractivity contribution is -0.160. The number of carbonyl (C=O) groups excluding carboxylic acids is 2. The van der Waals surface area contributed by atoms with E-state index < -0.39 is 6.04 Å². The van der Waals surface area contributed by atoms with E-state index >= 15 is 0 Å². The van der Waals surface area contributed by atoms with Gasteiger partial charge in [0, 0.05) is 12.5 Å². The summed E-state index contributed by atoms with van der Waals surface area (Å²) in [6.45, 7) is 10.1. The van der Waals surface area contributed by atoms with Gasteiger partial charge in [0.15, 0.2) is 0 Å². The number of hydroxylamine groups is 2. The molecule has 1 saturated heterocycles. The molecule has 2 amide bonds. The summed E-state index contributed by atoms with van der Waals surface area (Å²) >= 11 is 0. The molecule has 1 rings (SSSR count). The van der Waals surface area contributed by atoms with Gasteiger partial charge >= 0.3 is 0 Å². The van der Waals surface area contributed by atoms with Crippen LogP contribution in [-0.2, 0) is 14.4 Å². The molecule has 0 aliphatic carbocycles. The van der Waals surface area contributed by atoms with Crippen LogP contribution < -0.4 is 5.32 Å². The highest BCUT2D eigenvalue weighted by Gasteiger charge is 2.33. The quantitative estimate of drug-likeness (QED) is 0.785. The van der Waals surface area contributed by atoms with Gasteiger partial charge in [0.2, 0.25) is 5.91 Å². The van der Waals surface area contributed by atoms with E-state index in [0.717, 1.165) is 0 Å². The highest BCUT2D eigenvalue weighted by molar-refractivity contribution is 5.88. The zero-order valence-electron chi connectivity index (χ0n) is 10.7. The Kier molecular flexibility index (Phi) is 6.72. The van der Waals surface area contributed by atoms with Crippen molar-refractivity contribution in [3.05, 3.63) is 0 Å². The van der Waals surface area contributed by atoms with Gasteiger partial charge in [-0.15, -0.1) is 0 Å². The number of hydrogen-bond donors (Lipinski definition) is 1. The van der Waals surface area contributed by atoms with Crippen molar-refractivity contribution in [2.75, 3.05) is 13.2 Å². The van der Waals surface area contributed by atoms with E-state index in [1.54, 1.807) is 13.8 Å². The summed E-state index contributed by atoms with van der Waals surface area (Å²) in [5.41, 5.74) is 0. The van der Waals surface area contributed by atoms with Gasteiger partial charge in [0.1, 0.15) is 12.6 Å². The van der Waals surface area contributed by atoms with Crippen LogP contribution in [0.25, 0.3) is 0 Å². The van der Waals surface area contributed by atoms with Gasteiger partial charge in [0.05, 0.1) is 0 Å². The molecule has 0 aromatic carbocycles. The number of amides is 2. The standard InChI is InChI=1S/C9H16N2O3.C2H6/c1-4-11-9(13)7(5-14-11)10-8(12)6(2)3;1-2/h6-7H,4-5H2,1-3H3,(H,10,12);1-2H3/t7-;/m1./s1. The predicted molar refractivity (Wildman–Crippen MR) is 61.5 cm³/mol. The molecule has 0 bridgehead atoms. The molecule has 1 N–H and O–H groups in total. The molecule has 1 atom stereocenters. The molecule has 1 fully saturated rings. The minimum atomic E-state index is -0.509. The molecule has 1 aliphatic rings. The normalized spacial score (nSPS) is 19.5. The number of likely N-dealkylation sites (N-methyl/N-ethyl adjacent to an activating group) is 1. The fourth-order valence-electron chi connectivity index (χ4n) is 1.16. The number of hydrogen-bond acceptors (Lipinski definition) is 3. The van der Waals surface area contributed by atoms with Crippen LogP contribution in [0.15, 0.2) is 0 Å². The molecule has 0 saturated carbocycles. The van der Waals surface area contributed by atoms with Crippen molar-refractivity contribution in [3.63, 3.8) is 0 Å². The minimum Gasteiger partial charge on any atom is -0.342 e. The average Bonchev–Trinajstić information content (AvgIpc) is 2.63. The Morgan fingerprint density at radius 3 is 2.50 bits per heavy atom. The van der Waals surface area contributed by atoms with Crippen molar-refractivity contribution >= 4 is 11.8 Å². The summed E-state index contributed by atoms with van der Waals surface area (Å²) in [4.78, 5) is 27.9. The molecule has 0 aromatic rings. The van der Waals surface area contributed by atoms with Crippen molar-refractivity contribution < 1.29 is 14.4 Å². The highest BCUT2D eigenvalue weighted by Crippen LogP contribution is 2.07. The molecule has 16 heavy (non-hydrogen) atoms. The second-order valence-corrected chi connectivity index (χ2v) is 3.54. The van der Waals surface area contributed by atoms with Crippen LogP contribution in [0, 0.1) is 5.92 Å². The van der Waals surface area contributed by atoms with Crippen molar-refractivity contribution in [2.24, 2.45) is 5.92 Å². The van der Waals surface area contributed by atoms with Crippen LogP contribution in [0.3, 0.4) is 0 Å². The smallest absolute Gasteiger partial charge is 0.271 e. The number of nitrogens with one attached hydrogen (secondary N) is 1. The van der Waals surface area contributed by atoms with Crippen LogP contribution in [-0.4, -0.2) is 36.1 Å². The van der Waals surface area contributed by atoms with E-state index in [1.165, 1.54) is 5.06 Å². The van der Waals surface area contributed by atoms with Gasteiger partial charge in [-0.05, 0) is 6.92 Å². The molecule has 0 spiro atoms. The highest BCUT2D eigenvalue weighted by atomic mass is 16.7. The summed E-state index contributed by atoms with van der Waals surface area (Å²) in [6.07, 6.45) is 0. The van der Waals surface area contributed by atoms with Crippen LogP contribution in [0.2, 0.25) is 0 Å². The van der Waals surface area contributed by atoms with E-state index in [4.69, 9.17) is 4.84 Å². The Balaban J connectivity index is 0.00000106. The second-order valence-electron chi connectivity index (χ2n) is 3.54. The van der Waals surface area contributed by atoms with E-state index in [1.807, 2.05) is 20.8 Å². The van der Waals surface area contributed by atoms with Gasteiger partial charge in [-0.3, -0.25) is 14.4 Å². The van der Waals surface area contributed by atoms with E-state index in [0.29, 0.717) is 6.54 Å². The summed E-state index contributed by atoms with van der Waals surface area (Å²) in [7, 11) is 0. The topological polar surface area (TPSA) is 58.6 Å². The van der Waals surface area contributed by atoms with Gasteiger partial charge in [-0.1, -0.05) is 27.7 Å². The summed E-state index contributed by atoms with van der Waals surface area (Å²) in [5, 5.41) is 3.91. The first-order valence-electron chi connectivity index (χ1n) is 5.81. The van der Waals surface area contributed by atoms with E-state index in [-0.39, 0.29) is 24.3 Å². The maximum Gasteiger partial charge on any atom is 0.271 e. The fraction of sp³-hybridized carbons (Fsp3) is 0.818. The summed E-state index contributed by atoms with van der Waals surface area (Å²) in [6, 6.07) is -0.509. The largest absolute Gasteiger partial charge is 0.342 e. The lowest BCUT2D eigenvalue weighted by Crippen LogP contribution is -2.44. The van der Waals surface area contributed by atoms with Crippen LogP contribution in [0.5, 0.6) is 0 Å². The molecule has 5 nitrogen and oxygen atoms in total. The average molecular weight is 230 g/mol. The lowest BCUT2D eigenvalue weighted by atomic mass is 10.2. The van der Waals surface area contributed by atoms with Crippen LogP contribution >= 0.6 is 0 Å². The zero-order chi connectivity index (χ0) is 12.7. The third-order valence-electron chi connectivity index (χ3n) is 2.07. The van der Waals surface area contributed by atoms with Gasteiger partial charge in [-0.25, -0.2) is 5.06 Å². The Bertz CT molecular complexity index is 241. The maximum atomic E-state index is 11.5. The molecular formula is C11H22N2O3. The number of nitrogens with zero attached hydrogens (tertiary/aromatic N) is 1. The molecule has 1 aliphatic heterocycles. The fourth-order valence-corrected chi connectivity index (χ4v) is 1.16. The molecule has 0 unspecified atom stereocenters. The number of carbonyl (C=O) groups is 2. The van der Waals surface area contributed by atoms with E-state index in [9.17, 15) is 9.59 Å². The molecule has 94 valence electrons. The Morgan fingerprint density at radius 1 is 1.56 bits per heavy atom. The first kappa shape index (κ1) is 14.9. The minimum absolute atomic E-state index is 0.113. The third kappa shape index (κ3) is 3.81. The Labute approximate surface area is 97.1 Å². The van der Waals surface area contributed by atoms with Crippen LogP contribution in [0.4, 0.5) is 0 Å². The lowest BCUT2D eigenvalue weighted by Gasteiger charge is -2.12. The third-order valence-corrected chi connectivity index (χ3v) is 2.07. The molecule has 5 heteroatoms. The van der Waals surface area contributed by atoms with Gasteiger partial charge in [-0.2, -0.15) is 0 Å². The Morgan fingerprint density at radius 2 is 2.12 bits per heavy atom. The van der Waals surface area contributed by atoms with Crippen molar-refractivity contribution in [1.29, 1.82) is 0 Å². The summed E-state index contributed by atoms with van der Waals surface area (Å²) in [5.74, 6) is -0.398. The molecular weight excluding hydrogens is 208 g/mol. The van der Waals surface area contributed by atoms with Crippen molar-refractivity contribution in [2.45, 2.75) is 40.7 Å². The van der Waals surface area contributed by atoms with Crippen molar-refractivity contribution in [3.8, 4) is 0 Å². The Hall–Kier alpha value is -1.10. The molecule has 0 radical (unpaired) electrons. The zero-order valence-corrected chi connectivity index (χ0v) is 10.7. The maximum absolute atomic E-state index is 11.5. The summed E-state index contributed by atoms with van der Waals surface area (Å²) < 4.78 is 0. The first-order valence-corrected chi connectivity index (χ1v) is 5.81. The number of rotatable bonds is 3. The molecule has 0 aromatic heterocycles. The van der Waals surface area contributed by atoms with E-state index in [2.05, 4.69) is 5.32 Å². The molecule has 1 heterocycles. The van der Waals surface area contributed by atoms with Gasteiger partial charge < -0.3 is 5.32 Å².